The molecule has 1 fully saturated rings. The summed E-state index contributed by atoms with van der Waals surface area (Å²) in [6.45, 7) is 23.8. The van der Waals surface area contributed by atoms with E-state index in [1.165, 1.54) is 22.2 Å². The maximum atomic E-state index is 5.02. The van der Waals surface area contributed by atoms with Crippen LogP contribution in [0.1, 0.15) is 65.5 Å². The molecular weight excluding hydrogens is 458 g/mol. The van der Waals surface area contributed by atoms with Gasteiger partial charge in [-0.05, 0) is 66.2 Å². The van der Waals surface area contributed by atoms with Gasteiger partial charge in [0.05, 0.1) is 22.4 Å². The number of allylic oxidation sites excluding steroid dienone is 1. The predicted molar refractivity (Wildman–Crippen MR) is 156 cm³/mol. The number of pyridine rings is 1. The molecule has 3 heterocycles. The van der Waals surface area contributed by atoms with Crippen LogP contribution in [0.4, 0.5) is 0 Å². The third-order valence-corrected chi connectivity index (χ3v) is 8.29. The van der Waals surface area contributed by atoms with Crippen molar-refractivity contribution in [2.45, 2.75) is 73.3 Å². The molecule has 3 atom stereocenters. The first-order chi connectivity index (χ1) is 17.1. The highest BCUT2D eigenvalue weighted by Gasteiger charge is 2.35. The van der Waals surface area contributed by atoms with Crippen LogP contribution in [-0.4, -0.2) is 27.5 Å². The molecule has 0 bridgehead atoms. The summed E-state index contributed by atoms with van der Waals surface area (Å²) in [5, 5.41) is 3.36. The number of hydrogen-bond acceptors (Lipinski definition) is 4. The fourth-order valence-electron chi connectivity index (χ4n) is 5.79. The Morgan fingerprint density at radius 1 is 1.22 bits per heavy atom. The van der Waals surface area contributed by atoms with Crippen LogP contribution in [0.2, 0.25) is 0 Å². The zero-order valence-corrected chi connectivity index (χ0v) is 23.9. The van der Waals surface area contributed by atoms with Gasteiger partial charge in [-0.15, -0.1) is 17.9 Å². The van der Waals surface area contributed by atoms with Crippen LogP contribution >= 0.6 is 11.3 Å². The topological polar surface area (TPSA) is 29.0 Å². The van der Waals surface area contributed by atoms with Crippen molar-refractivity contribution >= 4 is 22.2 Å². The number of thiazole rings is 1. The zero-order valence-electron chi connectivity index (χ0n) is 23.1. The fourth-order valence-corrected chi connectivity index (χ4v) is 6.33. The molecule has 0 saturated carbocycles. The minimum Gasteiger partial charge on any atom is -0.368 e. The molecule has 36 heavy (non-hydrogen) atoms. The molecule has 1 unspecified atom stereocenters. The highest BCUT2D eigenvalue weighted by Crippen LogP contribution is 2.39. The third kappa shape index (κ3) is 5.91. The third-order valence-electron chi connectivity index (χ3n) is 7.71. The summed E-state index contributed by atoms with van der Waals surface area (Å²) in [7, 11) is 0. The second-order valence-corrected chi connectivity index (χ2v) is 12.8. The molecule has 192 valence electrons. The Kier molecular flexibility index (Phi) is 8.04. The average Bonchev–Trinajstić information content (AvgIpc) is 3.51. The van der Waals surface area contributed by atoms with Crippen molar-refractivity contribution in [1.82, 2.24) is 14.9 Å². The molecule has 0 aliphatic carbocycles. The molecule has 2 aromatic heterocycles. The SMILES string of the molecule is C=CC1C[C@@H](Cc2cc(-c3cscn3)nc3cc(CC)ccc23)CN1C(=C)[C@@H](CC(C)(C)C)C(C)C. The van der Waals surface area contributed by atoms with E-state index >= 15 is 0 Å². The second-order valence-electron chi connectivity index (χ2n) is 12.1. The molecule has 4 heteroatoms. The highest BCUT2D eigenvalue weighted by atomic mass is 32.1. The lowest BCUT2D eigenvalue weighted by Crippen LogP contribution is -2.34. The largest absolute Gasteiger partial charge is 0.368 e. The van der Waals surface area contributed by atoms with Gasteiger partial charge in [0.1, 0.15) is 0 Å². The van der Waals surface area contributed by atoms with Crippen LogP contribution in [0.25, 0.3) is 22.3 Å². The van der Waals surface area contributed by atoms with Crippen LogP contribution in [0.3, 0.4) is 0 Å². The van der Waals surface area contributed by atoms with Gasteiger partial charge in [-0.1, -0.05) is 66.3 Å². The van der Waals surface area contributed by atoms with Crippen LogP contribution < -0.4 is 0 Å². The molecule has 0 spiro atoms. The number of benzene rings is 1. The van der Waals surface area contributed by atoms with E-state index in [1.54, 1.807) is 11.3 Å². The quantitative estimate of drug-likeness (QED) is 0.275. The first-order valence-electron chi connectivity index (χ1n) is 13.5. The van der Waals surface area contributed by atoms with Crippen molar-refractivity contribution in [3.63, 3.8) is 0 Å². The number of aromatic nitrogens is 2. The van der Waals surface area contributed by atoms with Gasteiger partial charge in [-0.2, -0.15) is 0 Å². The Morgan fingerprint density at radius 3 is 2.61 bits per heavy atom. The Hall–Kier alpha value is -2.46. The Bertz CT molecular complexity index is 1200. The van der Waals surface area contributed by atoms with E-state index < -0.39 is 0 Å². The molecule has 3 aromatic rings. The monoisotopic (exact) mass is 501 g/mol. The summed E-state index contributed by atoms with van der Waals surface area (Å²) in [5.74, 6) is 1.60. The summed E-state index contributed by atoms with van der Waals surface area (Å²) < 4.78 is 0. The molecule has 0 radical (unpaired) electrons. The van der Waals surface area contributed by atoms with Gasteiger partial charge in [-0.25, -0.2) is 9.97 Å². The number of rotatable bonds is 9. The lowest BCUT2D eigenvalue weighted by atomic mass is 9.78. The van der Waals surface area contributed by atoms with Crippen molar-refractivity contribution < 1.29 is 0 Å². The molecule has 0 amide bonds. The molecule has 1 aliphatic rings. The number of likely N-dealkylation sites (tertiary alicyclic amines) is 1. The summed E-state index contributed by atoms with van der Waals surface area (Å²) in [6.07, 6.45) is 6.45. The van der Waals surface area contributed by atoms with E-state index in [-0.39, 0.29) is 5.41 Å². The normalized spacial score (nSPS) is 19.2. The number of aryl methyl sites for hydroxylation is 1. The molecule has 4 rings (SSSR count). The van der Waals surface area contributed by atoms with Gasteiger partial charge in [0.15, 0.2) is 0 Å². The van der Waals surface area contributed by atoms with Crippen molar-refractivity contribution in [2.24, 2.45) is 23.2 Å². The van der Waals surface area contributed by atoms with Crippen molar-refractivity contribution in [3.8, 4) is 11.4 Å². The lowest BCUT2D eigenvalue weighted by Gasteiger charge is -2.37. The predicted octanol–water partition coefficient (Wildman–Crippen LogP) is 8.56. The number of hydrogen-bond donors (Lipinski definition) is 0. The van der Waals surface area contributed by atoms with Crippen molar-refractivity contribution in [2.75, 3.05) is 6.54 Å². The first kappa shape index (κ1) is 26.6. The Labute approximate surface area is 222 Å². The van der Waals surface area contributed by atoms with Gasteiger partial charge < -0.3 is 4.90 Å². The minimum atomic E-state index is 0.278. The minimum absolute atomic E-state index is 0.278. The molecule has 1 saturated heterocycles. The van der Waals surface area contributed by atoms with Gasteiger partial charge in [0, 0.05) is 35.0 Å². The summed E-state index contributed by atoms with van der Waals surface area (Å²) >= 11 is 1.62. The van der Waals surface area contributed by atoms with Gasteiger partial charge >= 0.3 is 0 Å². The first-order valence-corrected chi connectivity index (χ1v) is 14.4. The smallest absolute Gasteiger partial charge is 0.0995 e. The van der Waals surface area contributed by atoms with Gasteiger partial charge in [-0.3, -0.25) is 0 Å². The van der Waals surface area contributed by atoms with E-state index in [0.29, 0.717) is 23.8 Å². The molecule has 0 N–H and O–H groups in total. The average molecular weight is 502 g/mol. The zero-order chi connectivity index (χ0) is 26.0. The van der Waals surface area contributed by atoms with E-state index in [2.05, 4.69) is 100 Å². The second kappa shape index (κ2) is 10.9. The number of fused-ring (bicyclic) bond motifs is 1. The van der Waals surface area contributed by atoms with E-state index in [9.17, 15) is 0 Å². The van der Waals surface area contributed by atoms with Crippen LogP contribution in [0.15, 0.2) is 60.1 Å². The van der Waals surface area contributed by atoms with Crippen LogP contribution in [0, 0.1) is 23.2 Å². The van der Waals surface area contributed by atoms with Gasteiger partial charge in [0.25, 0.3) is 0 Å². The molecule has 3 nitrogen and oxygen atoms in total. The maximum absolute atomic E-state index is 5.02. The van der Waals surface area contributed by atoms with Crippen LogP contribution in [0.5, 0.6) is 0 Å². The molecular formula is C32H43N3S. The summed E-state index contributed by atoms with van der Waals surface area (Å²) in [6, 6.07) is 9.41. The van der Waals surface area contributed by atoms with Crippen molar-refractivity contribution in [1.29, 1.82) is 0 Å². The Morgan fingerprint density at radius 2 is 2.00 bits per heavy atom. The van der Waals surface area contributed by atoms with Crippen molar-refractivity contribution in [3.05, 3.63) is 71.2 Å². The van der Waals surface area contributed by atoms with E-state index in [1.807, 2.05) is 5.51 Å². The fraction of sp³-hybridized carbons (Fsp3) is 0.500. The van der Waals surface area contributed by atoms with Gasteiger partial charge in [0.2, 0.25) is 0 Å². The standard InChI is InChI=1S/C32H43N3S/c1-9-23-11-12-27-25(16-30(34-29(27)15-23)31-19-36-20-33-31)13-24-14-26(10-2)35(18-24)22(5)28(21(3)4)17-32(6,7)8/h10-12,15-16,19-21,24,26,28H,2,5,9,13-14,17-18H2,1,3-4,6-8H3/t24-,26?,28+/m1/s1. The lowest BCUT2D eigenvalue weighted by molar-refractivity contribution is 0.215. The molecule has 1 aliphatic heterocycles. The van der Waals surface area contributed by atoms with Crippen LogP contribution in [-0.2, 0) is 12.8 Å². The number of nitrogens with zero attached hydrogens (tertiary/aromatic N) is 3. The summed E-state index contributed by atoms with van der Waals surface area (Å²) in [5.41, 5.74) is 9.20. The maximum Gasteiger partial charge on any atom is 0.0995 e. The summed E-state index contributed by atoms with van der Waals surface area (Å²) in [4.78, 5) is 12.1. The Balaban J connectivity index is 1.63. The molecule has 1 aromatic carbocycles. The highest BCUT2D eigenvalue weighted by molar-refractivity contribution is 7.07. The van der Waals surface area contributed by atoms with E-state index in [0.717, 1.165) is 49.1 Å². The van der Waals surface area contributed by atoms with E-state index in [4.69, 9.17) is 4.98 Å².